The molecule has 0 bridgehead atoms. The minimum Gasteiger partial charge on any atom is -0.359 e. The molecule has 0 spiro atoms. The van der Waals surface area contributed by atoms with E-state index in [0.717, 1.165) is 76.3 Å². The van der Waals surface area contributed by atoms with E-state index in [2.05, 4.69) is 52.0 Å². The molecule has 2 atom stereocenters. The van der Waals surface area contributed by atoms with Gasteiger partial charge in [0.2, 0.25) is 11.8 Å². The maximum absolute atomic E-state index is 14.3. The predicted octanol–water partition coefficient (Wildman–Crippen LogP) is 13.9. The number of hydrogen-bond acceptors (Lipinski definition) is 2. The van der Waals surface area contributed by atoms with Gasteiger partial charge in [0.25, 0.3) is 0 Å². The number of hydrogen-bond donors (Lipinski definition) is 0. The molecule has 0 saturated heterocycles. The Morgan fingerprint density at radius 3 is 1.21 bits per heavy atom. The van der Waals surface area contributed by atoms with Gasteiger partial charge < -0.3 is 9.80 Å². The average Bonchev–Trinajstić information content (AvgIpc) is 4.07. The fourth-order valence-electron chi connectivity index (χ4n) is 6.37. The van der Waals surface area contributed by atoms with Crippen LogP contribution in [0.5, 0.6) is 0 Å². The maximum Gasteiger partial charge on any atom is 4.00 e. The third-order valence-electron chi connectivity index (χ3n) is 9.94. The molecule has 6 rings (SSSR count). The Kier molecular flexibility index (Phi) is 26.0. The molecule has 0 aromatic heterocycles. The molecule has 2 aliphatic carbocycles. The fourth-order valence-corrected chi connectivity index (χ4v) is 6.37. The van der Waals surface area contributed by atoms with Crippen LogP contribution in [0.25, 0.3) is 0 Å². The Balaban J connectivity index is 0.000000335. The number of halogens is 4. The van der Waals surface area contributed by atoms with Crippen molar-refractivity contribution in [1.29, 1.82) is 0 Å². The van der Waals surface area contributed by atoms with Crippen molar-refractivity contribution in [1.82, 2.24) is 0 Å². The first-order valence-corrected chi connectivity index (χ1v) is 21.0. The van der Waals surface area contributed by atoms with Crippen LogP contribution in [0.15, 0.2) is 121 Å². The smallest absolute Gasteiger partial charge is 0.359 e. The topological polar surface area (TPSA) is 40.6 Å². The SMILES string of the molecule is CCCCC(CC)CN(C(=O)c1ccccc1)c1ccc(F)[c-]c1F.CCCCC(CC)CN(C(=O)c1ccccc1)c1ccc(F)[c-]c1F.[C-]1=CC=CC1.[C-]1=CC=CC1.[Ti+4]. The maximum atomic E-state index is 14.3. The van der Waals surface area contributed by atoms with E-state index in [1.54, 1.807) is 48.5 Å². The first-order valence-electron chi connectivity index (χ1n) is 21.0. The van der Waals surface area contributed by atoms with Crippen molar-refractivity contribution in [2.45, 2.75) is 91.9 Å². The Hall–Kier alpha value is -4.79. The molecule has 2 unspecified atom stereocenters. The van der Waals surface area contributed by atoms with Crippen molar-refractivity contribution in [2.24, 2.45) is 11.8 Å². The van der Waals surface area contributed by atoms with E-state index in [0.29, 0.717) is 24.2 Å². The molecule has 4 aromatic carbocycles. The van der Waals surface area contributed by atoms with Crippen LogP contribution in [-0.4, -0.2) is 24.9 Å². The van der Waals surface area contributed by atoms with Gasteiger partial charge in [-0.3, -0.25) is 21.7 Å². The second kappa shape index (κ2) is 30.3. The molecule has 4 aromatic rings. The molecule has 61 heavy (non-hydrogen) atoms. The van der Waals surface area contributed by atoms with Gasteiger partial charge in [-0.1, -0.05) is 103 Å². The zero-order valence-corrected chi connectivity index (χ0v) is 37.5. The minimum absolute atomic E-state index is 0. The number of benzene rings is 4. The van der Waals surface area contributed by atoms with E-state index in [9.17, 15) is 27.2 Å². The fraction of sp³-hybridized carbons (Fsp3) is 0.346. The third kappa shape index (κ3) is 18.8. The third-order valence-corrected chi connectivity index (χ3v) is 9.94. The van der Waals surface area contributed by atoms with Crippen molar-refractivity contribution in [2.75, 3.05) is 22.9 Å². The molecule has 0 fully saturated rings. The van der Waals surface area contributed by atoms with Gasteiger partial charge in [-0.05, 0) is 60.3 Å². The number of rotatable bonds is 16. The van der Waals surface area contributed by atoms with E-state index < -0.39 is 23.3 Å². The van der Waals surface area contributed by atoms with Crippen LogP contribution >= 0.6 is 0 Å². The molecule has 0 heterocycles. The first kappa shape index (κ1) is 52.4. The number of carbonyl (C=O) groups excluding carboxylic acids is 2. The summed E-state index contributed by atoms with van der Waals surface area (Å²) in [6.45, 7) is 9.18. The van der Waals surface area contributed by atoms with Crippen molar-refractivity contribution < 1.29 is 48.9 Å². The Bertz CT molecular complexity index is 1820. The van der Waals surface area contributed by atoms with Gasteiger partial charge in [0.1, 0.15) is 0 Å². The number of amides is 2. The number of nitrogens with zero attached hydrogens (tertiary/aromatic N) is 2. The van der Waals surface area contributed by atoms with Gasteiger partial charge in [-0.2, -0.15) is 12.2 Å². The average molecular weight is 867 g/mol. The summed E-state index contributed by atoms with van der Waals surface area (Å²) in [4.78, 5) is 28.8. The molecule has 0 saturated carbocycles. The first-order chi connectivity index (χ1) is 29.1. The van der Waals surface area contributed by atoms with E-state index >= 15 is 0 Å². The summed E-state index contributed by atoms with van der Waals surface area (Å²) >= 11 is 0. The largest absolute Gasteiger partial charge is 4.00 e. The monoisotopic (exact) mass is 866 g/mol. The van der Waals surface area contributed by atoms with Gasteiger partial charge in [-0.25, -0.2) is 41.9 Å². The van der Waals surface area contributed by atoms with Gasteiger partial charge in [0.15, 0.2) is 0 Å². The Labute approximate surface area is 377 Å². The molecule has 9 heteroatoms. The molecule has 2 aliphatic rings. The number of allylic oxidation sites excluding steroid dienone is 8. The summed E-state index contributed by atoms with van der Waals surface area (Å²) in [5.74, 6) is -3.26. The van der Waals surface area contributed by atoms with E-state index in [1.807, 2.05) is 48.6 Å². The van der Waals surface area contributed by atoms with Crippen LogP contribution in [0.1, 0.15) is 113 Å². The van der Waals surface area contributed by atoms with Gasteiger partial charge in [0.05, 0.1) is 0 Å². The van der Waals surface area contributed by atoms with E-state index in [1.165, 1.54) is 21.9 Å². The predicted molar refractivity (Wildman–Crippen MR) is 236 cm³/mol. The number of carbonyl (C=O) groups is 2. The van der Waals surface area contributed by atoms with Crippen LogP contribution in [0.2, 0.25) is 0 Å². The summed E-state index contributed by atoms with van der Waals surface area (Å²) in [6, 6.07) is 26.5. The molecule has 2 amide bonds. The summed E-state index contributed by atoms with van der Waals surface area (Å²) in [5, 5.41) is 0. The second-order valence-corrected chi connectivity index (χ2v) is 14.4. The number of anilines is 2. The molecule has 4 nitrogen and oxygen atoms in total. The molecule has 320 valence electrons. The van der Waals surface area contributed by atoms with Gasteiger partial charge >= 0.3 is 21.7 Å². The Morgan fingerprint density at radius 1 is 0.574 bits per heavy atom. The molecule has 0 N–H and O–H groups in total. The van der Waals surface area contributed by atoms with Gasteiger partial charge in [0, 0.05) is 47.5 Å². The quantitative estimate of drug-likeness (QED) is 0.0639. The summed E-state index contributed by atoms with van der Waals surface area (Å²) < 4.78 is 55.0. The zero-order chi connectivity index (χ0) is 43.5. The molecule has 0 radical (unpaired) electrons. The molecular formula is C52H58F4N2O2Ti. The minimum atomic E-state index is -0.838. The van der Waals surface area contributed by atoms with Crippen molar-refractivity contribution in [3.05, 3.63) is 180 Å². The molecule has 0 aliphatic heterocycles. The van der Waals surface area contributed by atoms with Crippen LogP contribution in [0.3, 0.4) is 0 Å². The van der Waals surface area contributed by atoms with E-state index in [-0.39, 0.29) is 56.7 Å². The van der Waals surface area contributed by atoms with Crippen LogP contribution in [-0.2, 0) is 21.7 Å². The summed E-state index contributed by atoms with van der Waals surface area (Å²) in [5.41, 5.74) is 1.11. The van der Waals surface area contributed by atoms with Crippen LogP contribution in [0, 0.1) is 59.4 Å². The van der Waals surface area contributed by atoms with Gasteiger partial charge in [-0.15, -0.1) is 49.2 Å². The van der Waals surface area contributed by atoms with Crippen molar-refractivity contribution >= 4 is 23.2 Å². The zero-order valence-electron chi connectivity index (χ0n) is 35.9. The van der Waals surface area contributed by atoms with Crippen molar-refractivity contribution in [3.63, 3.8) is 0 Å². The molecular weight excluding hydrogens is 808 g/mol. The summed E-state index contributed by atoms with van der Waals surface area (Å²) in [7, 11) is 0. The van der Waals surface area contributed by atoms with Crippen molar-refractivity contribution in [3.8, 4) is 0 Å². The van der Waals surface area contributed by atoms with Crippen LogP contribution < -0.4 is 9.80 Å². The normalized spacial score (nSPS) is 12.7. The standard InChI is InChI=1S/2C21H24F2NO.2C5H5.Ti/c2*1-3-5-9-16(4-2)15-24(20-13-12-18(22)14-19(20)23)21(25)17-10-7-6-8-11-17;2*1-2-4-5-3-1;/h2*6-8,10-13,16H,3-5,9,15H2,1-2H3;2*1-3H,4H2;/q4*-1;+4. The Morgan fingerprint density at radius 2 is 0.951 bits per heavy atom. The second-order valence-electron chi connectivity index (χ2n) is 14.4. The van der Waals surface area contributed by atoms with Crippen LogP contribution in [0.4, 0.5) is 28.9 Å². The number of unbranched alkanes of at least 4 members (excludes halogenated alkanes) is 2. The summed E-state index contributed by atoms with van der Waals surface area (Å²) in [6.07, 6.45) is 28.0. The van der Waals surface area contributed by atoms with E-state index in [4.69, 9.17) is 0 Å².